The van der Waals surface area contributed by atoms with Crippen molar-refractivity contribution in [3.05, 3.63) is 78.6 Å². The lowest BCUT2D eigenvalue weighted by molar-refractivity contribution is 0.129. The van der Waals surface area contributed by atoms with Gasteiger partial charge < -0.3 is 15.0 Å². The molecule has 2 aromatic carbocycles. The van der Waals surface area contributed by atoms with Crippen LogP contribution in [0, 0.1) is 0 Å². The number of aliphatic imine (C=N–C) groups is 1. The van der Waals surface area contributed by atoms with E-state index in [2.05, 4.69) is 38.6 Å². The first-order valence-corrected chi connectivity index (χ1v) is 10.6. The van der Waals surface area contributed by atoms with Gasteiger partial charge in [0.1, 0.15) is 11.9 Å². The van der Waals surface area contributed by atoms with Crippen LogP contribution in [0.1, 0.15) is 18.4 Å². The molecular weight excluding hydrogens is 501 g/mol. The van der Waals surface area contributed by atoms with E-state index >= 15 is 0 Å². The number of ether oxygens (including phenoxy) is 1. The molecule has 1 N–H and O–H groups in total. The standard InChI is InChI=1S/C24H29N5O.HI/c1-25-24(28-16-13-23(14-17-28)30-22-10-6-3-7-11-22)26-15-12-20-18-27-29(19-20)21-8-4-2-5-9-21;/h2-11,18-19,23H,12-17H2,1H3,(H,25,26);1H. The number of hydrogen-bond acceptors (Lipinski definition) is 3. The molecule has 7 heteroatoms. The number of piperidine rings is 1. The zero-order chi connectivity index (χ0) is 20.6. The molecule has 0 atom stereocenters. The van der Waals surface area contributed by atoms with E-state index < -0.39 is 0 Å². The third-order valence-corrected chi connectivity index (χ3v) is 5.35. The Morgan fingerprint density at radius 2 is 1.74 bits per heavy atom. The van der Waals surface area contributed by atoms with E-state index in [1.807, 2.05) is 66.5 Å². The van der Waals surface area contributed by atoms with Gasteiger partial charge in [0.15, 0.2) is 5.96 Å². The number of rotatable bonds is 6. The topological polar surface area (TPSA) is 54.7 Å². The van der Waals surface area contributed by atoms with Crippen LogP contribution in [-0.2, 0) is 6.42 Å². The summed E-state index contributed by atoms with van der Waals surface area (Å²) >= 11 is 0. The minimum absolute atomic E-state index is 0. The van der Waals surface area contributed by atoms with Crippen molar-refractivity contribution in [2.75, 3.05) is 26.7 Å². The maximum absolute atomic E-state index is 6.10. The molecule has 0 saturated carbocycles. The third kappa shape index (κ3) is 6.46. The van der Waals surface area contributed by atoms with Gasteiger partial charge in [-0.3, -0.25) is 4.99 Å². The molecular formula is C24H30IN5O. The van der Waals surface area contributed by atoms with Crippen LogP contribution in [0.3, 0.4) is 0 Å². The molecule has 0 radical (unpaired) electrons. The first-order valence-electron chi connectivity index (χ1n) is 10.6. The molecule has 1 aliphatic heterocycles. The number of para-hydroxylation sites is 2. The second-order valence-electron chi connectivity index (χ2n) is 7.47. The Kier molecular flexibility index (Phi) is 8.75. The zero-order valence-corrected chi connectivity index (χ0v) is 20.2. The van der Waals surface area contributed by atoms with Gasteiger partial charge >= 0.3 is 0 Å². The summed E-state index contributed by atoms with van der Waals surface area (Å²) < 4.78 is 8.02. The highest BCUT2D eigenvalue weighted by atomic mass is 127. The summed E-state index contributed by atoms with van der Waals surface area (Å²) in [5.74, 6) is 1.91. The van der Waals surface area contributed by atoms with E-state index in [1.165, 1.54) is 5.56 Å². The molecule has 0 aliphatic carbocycles. The number of benzene rings is 2. The fourth-order valence-electron chi connectivity index (χ4n) is 3.74. The van der Waals surface area contributed by atoms with E-state index in [9.17, 15) is 0 Å². The summed E-state index contributed by atoms with van der Waals surface area (Å²) in [5.41, 5.74) is 2.28. The zero-order valence-electron chi connectivity index (χ0n) is 17.9. The molecule has 1 aliphatic rings. The van der Waals surface area contributed by atoms with Crippen LogP contribution in [0.4, 0.5) is 0 Å². The van der Waals surface area contributed by atoms with Gasteiger partial charge in [-0.15, -0.1) is 24.0 Å². The van der Waals surface area contributed by atoms with Gasteiger partial charge in [0, 0.05) is 45.7 Å². The van der Waals surface area contributed by atoms with Gasteiger partial charge in [-0.05, 0) is 36.2 Å². The van der Waals surface area contributed by atoms with Crippen LogP contribution in [0.25, 0.3) is 5.69 Å². The van der Waals surface area contributed by atoms with Crippen molar-refractivity contribution < 1.29 is 4.74 Å². The summed E-state index contributed by atoms with van der Waals surface area (Å²) in [6.45, 7) is 2.72. The Bertz CT molecular complexity index is 937. The number of aromatic nitrogens is 2. The average molecular weight is 531 g/mol. The maximum atomic E-state index is 6.10. The molecule has 0 amide bonds. The first kappa shape index (κ1) is 23.1. The summed E-state index contributed by atoms with van der Waals surface area (Å²) in [5, 5.41) is 7.97. The highest BCUT2D eigenvalue weighted by Gasteiger charge is 2.22. The predicted molar refractivity (Wildman–Crippen MR) is 136 cm³/mol. The van der Waals surface area contributed by atoms with E-state index in [0.717, 1.165) is 56.3 Å². The van der Waals surface area contributed by atoms with Crippen molar-refractivity contribution in [3.8, 4) is 11.4 Å². The van der Waals surface area contributed by atoms with Gasteiger partial charge in [0.25, 0.3) is 0 Å². The van der Waals surface area contributed by atoms with Crippen LogP contribution in [0.5, 0.6) is 5.75 Å². The molecule has 1 fully saturated rings. The summed E-state index contributed by atoms with van der Waals surface area (Å²) in [6.07, 6.45) is 7.19. The Hall–Kier alpha value is -2.55. The summed E-state index contributed by atoms with van der Waals surface area (Å²) in [6, 6.07) is 20.3. The molecule has 1 saturated heterocycles. The van der Waals surface area contributed by atoms with Crippen molar-refractivity contribution >= 4 is 29.9 Å². The SMILES string of the molecule is CN=C(NCCc1cnn(-c2ccccc2)c1)N1CCC(Oc2ccccc2)CC1.I. The van der Waals surface area contributed by atoms with Crippen LogP contribution < -0.4 is 10.1 Å². The van der Waals surface area contributed by atoms with Crippen molar-refractivity contribution in [1.82, 2.24) is 20.0 Å². The second kappa shape index (κ2) is 11.7. The van der Waals surface area contributed by atoms with Gasteiger partial charge in [0.05, 0.1) is 11.9 Å². The molecule has 6 nitrogen and oxygen atoms in total. The molecule has 0 spiro atoms. The van der Waals surface area contributed by atoms with E-state index in [0.29, 0.717) is 0 Å². The van der Waals surface area contributed by atoms with Crippen molar-refractivity contribution in [2.24, 2.45) is 4.99 Å². The fourth-order valence-corrected chi connectivity index (χ4v) is 3.74. The molecule has 2 heterocycles. The Morgan fingerprint density at radius 3 is 2.42 bits per heavy atom. The Labute approximate surface area is 201 Å². The van der Waals surface area contributed by atoms with Gasteiger partial charge in [-0.2, -0.15) is 5.10 Å². The van der Waals surface area contributed by atoms with E-state index in [-0.39, 0.29) is 30.1 Å². The first-order chi connectivity index (χ1) is 14.8. The smallest absolute Gasteiger partial charge is 0.193 e. The molecule has 31 heavy (non-hydrogen) atoms. The molecule has 0 bridgehead atoms. The van der Waals surface area contributed by atoms with Crippen molar-refractivity contribution in [1.29, 1.82) is 0 Å². The highest BCUT2D eigenvalue weighted by molar-refractivity contribution is 14.0. The number of halogens is 1. The monoisotopic (exact) mass is 531 g/mol. The Balaban J connectivity index is 0.00000272. The third-order valence-electron chi connectivity index (χ3n) is 5.35. The largest absolute Gasteiger partial charge is 0.490 e. The lowest BCUT2D eigenvalue weighted by Gasteiger charge is -2.34. The van der Waals surface area contributed by atoms with Crippen molar-refractivity contribution in [2.45, 2.75) is 25.4 Å². The average Bonchev–Trinajstić information content (AvgIpc) is 3.28. The van der Waals surface area contributed by atoms with Crippen LogP contribution >= 0.6 is 24.0 Å². The number of nitrogens with one attached hydrogen (secondary N) is 1. The van der Waals surface area contributed by atoms with E-state index in [4.69, 9.17) is 4.74 Å². The van der Waals surface area contributed by atoms with Crippen LogP contribution in [0.15, 0.2) is 78.0 Å². The minimum Gasteiger partial charge on any atom is -0.490 e. The van der Waals surface area contributed by atoms with E-state index in [1.54, 1.807) is 0 Å². The molecule has 164 valence electrons. The van der Waals surface area contributed by atoms with Crippen LogP contribution in [-0.4, -0.2) is 53.4 Å². The molecule has 3 aromatic rings. The second-order valence-corrected chi connectivity index (χ2v) is 7.47. The number of hydrogen-bond donors (Lipinski definition) is 1. The van der Waals surface area contributed by atoms with Gasteiger partial charge in [0.2, 0.25) is 0 Å². The quantitative estimate of drug-likeness (QED) is 0.295. The number of guanidine groups is 1. The Morgan fingerprint density at radius 1 is 1.06 bits per heavy atom. The summed E-state index contributed by atoms with van der Waals surface area (Å²) in [7, 11) is 1.85. The normalized spacial score (nSPS) is 14.7. The van der Waals surface area contributed by atoms with Crippen molar-refractivity contribution in [3.63, 3.8) is 0 Å². The lowest BCUT2D eigenvalue weighted by Crippen LogP contribution is -2.47. The highest BCUT2D eigenvalue weighted by Crippen LogP contribution is 2.18. The summed E-state index contributed by atoms with van der Waals surface area (Å²) in [4.78, 5) is 6.79. The molecule has 0 unspecified atom stereocenters. The maximum Gasteiger partial charge on any atom is 0.193 e. The molecule has 1 aromatic heterocycles. The number of nitrogens with zero attached hydrogens (tertiary/aromatic N) is 4. The molecule has 4 rings (SSSR count). The fraction of sp³-hybridized carbons (Fsp3) is 0.333. The predicted octanol–water partition coefficient (Wildman–Crippen LogP) is 4.15. The minimum atomic E-state index is 0. The lowest BCUT2D eigenvalue weighted by atomic mass is 10.1. The van der Waals surface area contributed by atoms with Gasteiger partial charge in [-0.1, -0.05) is 36.4 Å². The number of likely N-dealkylation sites (tertiary alicyclic amines) is 1. The van der Waals surface area contributed by atoms with Crippen LogP contribution in [0.2, 0.25) is 0 Å². The van der Waals surface area contributed by atoms with Gasteiger partial charge in [-0.25, -0.2) is 4.68 Å².